The molecule has 1 aromatic rings. The lowest BCUT2D eigenvalue weighted by Crippen LogP contribution is -2.17. The quantitative estimate of drug-likeness (QED) is 0.697. The molecule has 0 saturated carbocycles. The van der Waals surface area contributed by atoms with Crippen molar-refractivity contribution in [3.63, 3.8) is 0 Å². The minimum atomic E-state index is -0.101. The molecule has 0 amide bonds. The SMILES string of the molecule is CCCCn1c(C)n[nH]c1=O. The normalized spacial score (nSPS) is 10.4. The minimum absolute atomic E-state index is 0.101. The number of nitrogens with zero attached hydrogens (tertiary/aromatic N) is 2. The molecule has 0 atom stereocenters. The van der Waals surface area contributed by atoms with E-state index in [2.05, 4.69) is 17.1 Å². The van der Waals surface area contributed by atoms with Crippen molar-refractivity contribution in [2.75, 3.05) is 0 Å². The molecule has 1 aromatic heterocycles. The van der Waals surface area contributed by atoms with E-state index >= 15 is 0 Å². The van der Waals surface area contributed by atoms with Crippen molar-refractivity contribution >= 4 is 0 Å². The van der Waals surface area contributed by atoms with E-state index in [-0.39, 0.29) is 5.69 Å². The molecule has 0 spiro atoms. The fourth-order valence-corrected chi connectivity index (χ4v) is 0.976. The zero-order chi connectivity index (χ0) is 8.27. The molecule has 1 N–H and O–H groups in total. The van der Waals surface area contributed by atoms with Crippen molar-refractivity contribution in [1.29, 1.82) is 0 Å². The summed E-state index contributed by atoms with van der Waals surface area (Å²) < 4.78 is 1.66. The van der Waals surface area contributed by atoms with Crippen molar-refractivity contribution in [2.45, 2.75) is 33.2 Å². The largest absolute Gasteiger partial charge is 0.343 e. The van der Waals surface area contributed by atoms with Gasteiger partial charge in [-0.3, -0.25) is 4.57 Å². The van der Waals surface area contributed by atoms with Gasteiger partial charge < -0.3 is 0 Å². The van der Waals surface area contributed by atoms with Gasteiger partial charge in [-0.15, -0.1) is 0 Å². The lowest BCUT2D eigenvalue weighted by molar-refractivity contribution is 0.600. The van der Waals surface area contributed by atoms with Gasteiger partial charge in [-0.1, -0.05) is 13.3 Å². The van der Waals surface area contributed by atoms with Crippen molar-refractivity contribution in [2.24, 2.45) is 0 Å². The fourth-order valence-electron chi connectivity index (χ4n) is 0.976. The van der Waals surface area contributed by atoms with Crippen LogP contribution in [0.4, 0.5) is 0 Å². The van der Waals surface area contributed by atoms with E-state index in [0.717, 1.165) is 25.2 Å². The van der Waals surface area contributed by atoms with E-state index in [0.29, 0.717) is 0 Å². The summed E-state index contributed by atoms with van der Waals surface area (Å²) in [5.41, 5.74) is -0.101. The van der Waals surface area contributed by atoms with Crippen molar-refractivity contribution in [3.05, 3.63) is 16.3 Å². The number of aryl methyl sites for hydroxylation is 1. The summed E-state index contributed by atoms with van der Waals surface area (Å²) in [6.45, 7) is 4.70. The van der Waals surface area contributed by atoms with Crippen LogP contribution in [0.5, 0.6) is 0 Å². The van der Waals surface area contributed by atoms with Crippen LogP contribution in [-0.4, -0.2) is 14.8 Å². The average Bonchev–Trinajstić information content (AvgIpc) is 2.29. The van der Waals surface area contributed by atoms with Gasteiger partial charge in [-0.25, -0.2) is 9.89 Å². The Bertz CT molecular complexity index is 273. The Morgan fingerprint density at radius 2 is 2.36 bits per heavy atom. The van der Waals surface area contributed by atoms with Crippen LogP contribution in [0.15, 0.2) is 4.79 Å². The van der Waals surface area contributed by atoms with Crippen LogP contribution in [0.25, 0.3) is 0 Å². The molecule has 1 heterocycles. The Labute approximate surface area is 65.2 Å². The van der Waals surface area contributed by atoms with Gasteiger partial charge in [-0.05, 0) is 13.3 Å². The number of hydrogen-bond acceptors (Lipinski definition) is 2. The third-order valence-electron chi connectivity index (χ3n) is 1.68. The fraction of sp³-hybridized carbons (Fsp3) is 0.714. The second-order valence-electron chi connectivity index (χ2n) is 2.58. The summed E-state index contributed by atoms with van der Waals surface area (Å²) >= 11 is 0. The summed E-state index contributed by atoms with van der Waals surface area (Å²) in [6, 6.07) is 0. The first-order valence-electron chi connectivity index (χ1n) is 3.87. The van der Waals surface area contributed by atoms with Gasteiger partial charge in [0.15, 0.2) is 0 Å². The second kappa shape index (κ2) is 3.37. The van der Waals surface area contributed by atoms with E-state index in [9.17, 15) is 4.79 Å². The zero-order valence-electron chi connectivity index (χ0n) is 6.92. The van der Waals surface area contributed by atoms with Crippen LogP contribution in [-0.2, 0) is 6.54 Å². The summed E-state index contributed by atoms with van der Waals surface area (Å²) in [4.78, 5) is 11.0. The maximum atomic E-state index is 11.0. The van der Waals surface area contributed by atoms with Gasteiger partial charge in [0.25, 0.3) is 0 Å². The molecule has 62 valence electrons. The number of H-pyrrole nitrogens is 1. The summed E-state index contributed by atoms with van der Waals surface area (Å²) in [6.07, 6.45) is 2.12. The highest BCUT2D eigenvalue weighted by molar-refractivity contribution is 4.80. The zero-order valence-corrected chi connectivity index (χ0v) is 6.92. The second-order valence-corrected chi connectivity index (χ2v) is 2.58. The van der Waals surface area contributed by atoms with Gasteiger partial charge >= 0.3 is 5.69 Å². The molecule has 0 unspecified atom stereocenters. The summed E-state index contributed by atoms with van der Waals surface area (Å²) in [5.74, 6) is 0.767. The number of aromatic nitrogens is 3. The average molecular weight is 155 g/mol. The topological polar surface area (TPSA) is 50.7 Å². The monoisotopic (exact) mass is 155 g/mol. The van der Waals surface area contributed by atoms with Gasteiger partial charge in [0.1, 0.15) is 5.82 Å². The first-order valence-corrected chi connectivity index (χ1v) is 3.87. The highest BCUT2D eigenvalue weighted by Crippen LogP contribution is 1.93. The molecule has 0 aliphatic rings. The van der Waals surface area contributed by atoms with E-state index in [1.165, 1.54) is 0 Å². The van der Waals surface area contributed by atoms with E-state index in [1.54, 1.807) is 4.57 Å². The highest BCUT2D eigenvalue weighted by Gasteiger charge is 2.00. The molecular weight excluding hydrogens is 142 g/mol. The first kappa shape index (κ1) is 8.04. The molecule has 0 fully saturated rings. The van der Waals surface area contributed by atoms with Crippen molar-refractivity contribution < 1.29 is 0 Å². The number of hydrogen-bond donors (Lipinski definition) is 1. The third-order valence-corrected chi connectivity index (χ3v) is 1.68. The number of nitrogens with one attached hydrogen (secondary N) is 1. The van der Waals surface area contributed by atoms with Gasteiger partial charge in [0, 0.05) is 6.54 Å². The smallest absolute Gasteiger partial charge is 0.279 e. The minimum Gasteiger partial charge on any atom is -0.279 e. The standard InChI is InChI=1S/C7H13N3O/c1-3-4-5-10-6(2)8-9-7(10)11/h3-5H2,1-2H3,(H,9,11). The van der Waals surface area contributed by atoms with E-state index in [1.807, 2.05) is 6.92 Å². The molecule has 4 heteroatoms. The van der Waals surface area contributed by atoms with E-state index in [4.69, 9.17) is 0 Å². The molecule has 0 radical (unpaired) electrons. The van der Waals surface area contributed by atoms with Crippen LogP contribution in [0.3, 0.4) is 0 Å². The molecule has 0 saturated heterocycles. The molecule has 11 heavy (non-hydrogen) atoms. The molecule has 0 aliphatic carbocycles. The van der Waals surface area contributed by atoms with Crippen LogP contribution in [0.2, 0.25) is 0 Å². The third kappa shape index (κ3) is 1.69. The van der Waals surface area contributed by atoms with Gasteiger partial charge in [0.2, 0.25) is 0 Å². The Morgan fingerprint density at radius 3 is 2.82 bits per heavy atom. The van der Waals surface area contributed by atoms with Crippen LogP contribution < -0.4 is 5.69 Å². The lowest BCUT2D eigenvalue weighted by Gasteiger charge is -1.98. The number of unbranched alkanes of at least 4 members (excludes halogenated alkanes) is 1. The first-order chi connectivity index (χ1) is 5.25. The molecule has 0 aromatic carbocycles. The maximum absolute atomic E-state index is 11.0. The maximum Gasteiger partial charge on any atom is 0.343 e. The Kier molecular flexibility index (Phi) is 2.46. The van der Waals surface area contributed by atoms with Crippen LogP contribution >= 0.6 is 0 Å². The Balaban J connectivity index is 2.75. The van der Waals surface area contributed by atoms with Crippen molar-refractivity contribution in [1.82, 2.24) is 14.8 Å². The summed E-state index contributed by atoms with van der Waals surface area (Å²) in [7, 11) is 0. The predicted octanol–water partition coefficient (Wildman–Crippen LogP) is 0.680. The van der Waals surface area contributed by atoms with Gasteiger partial charge in [0.05, 0.1) is 0 Å². The van der Waals surface area contributed by atoms with Crippen LogP contribution in [0.1, 0.15) is 25.6 Å². The highest BCUT2D eigenvalue weighted by atomic mass is 16.1. The summed E-state index contributed by atoms with van der Waals surface area (Å²) in [5, 5.41) is 6.20. The number of rotatable bonds is 3. The predicted molar refractivity (Wildman–Crippen MR) is 42.5 cm³/mol. The molecular formula is C7H13N3O. The molecule has 0 aliphatic heterocycles. The van der Waals surface area contributed by atoms with Crippen molar-refractivity contribution in [3.8, 4) is 0 Å². The number of aromatic amines is 1. The van der Waals surface area contributed by atoms with E-state index < -0.39 is 0 Å². The van der Waals surface area contributed by atoms with Gasteiger partial charge in [-0.2, -0.15) is 5.10 Å². The molecule has 0 bridgehead atoms. The van der Waals surface area contributed by atoms with Crippen LogP contribution in [0, 0.1) is 6.92 Å². The Hall–Kier alpha value is -1.06. The molecule has 4 nitrogen and oxygen atoms in total. The Morgan fingerprint density at radius 1 is 1.64 bits per heavy atom. The molecule has 1 rings (SSSR count). The lowest BCUT2D eigenvalue weighted by atomic mass is 10.3.